The van der Waals surface area contributed by atoms with Gasteiger partial charge in [-0.3, -0.25) is 9.27 Å². The molecule has 182 valence electrons. The third-order valence-corrected chi connectivity index (χ3v) is 7.77. The van der Waals surface area contributed by atoms with Crippen molar-refractivity contribution in [2.75, 3.05) is 10.0 Å². The number of benzene rings is 2. The first-order valence-electron chi connectivity index (χ1n) is 10.7. The Hall–Kier alpha value is -2.93. The van der Waals surface area contributed by atoms with E-state index in [0.29, 0.717) is 23.2 Å². The summed E-state index contributed by atoms with van der Waals surface area (Å²) in [6, 6.07) is 9.81. The molecule has 0 bridgehead atoms. The van der Waals surface area contributed by atoms with Crippen molar-refractivity contribution < 1.29 is 21.8 Å². The van der Waals surface area contributed by atoms with E-state index < -0.39 is 21.9 Å². The van der Waals surface area contributed by atoms with E-state index in [0.717, 1.165) is 35.2 Å². The van der Waals surface area contributed by atoms with Gasteiger partial charge >= 0.3 is 10.3 Å². The molecule has 0 unspecified atom stereocenters. The third-order valence-electron chi connectivity index (χ3n) is 5.47. The molecule has 5 rings (SSSR count). The molecule has 2 aromatic heterocycles. The lowest BCUT2D eigenvalue weighted by Gasteiger charge is -2.17. The molecular weight excluding hydrogens is 514 g/mol. The number of hydrogen-bond donors (Lipinski definition) is 3. The van der Waals surface area contributed by atoms with Gasteiger partial charge in [-0.15, -0.1) is 22.7 Å². The summed E-state index contributed by atoms with van der Waals surface area (Å²) in [5.41, 5.74) is 2.65. The maximum atomic E-state index is 14.2. The van der Waals surface area contributed by atoms with E-state index in [1.807, 2.05) is 10.1 Å². The molecule has 1 aliphatic carbocycles. The Balaban J connectivity index is 1.38. The normalized spacial score (nSPS) is 14.6. The number of nitrogens with one attached hydrogen (secondary N) is 2. The quantitative estimate of drug-likeness (QED) is 0.227. The van der Waals surface area contributed by atoms with E-state index >= 15 is 0 Å². The van der Waals surface area contributed by atoms with Gasteiger partial charge in [-0.2, -0.15) is 8.42 Å². The molecule has 0 spiro atoms. The molecule has 2 heterocycles. The number of hydrogen-bond acceptors (Lipinski definition) is 7. The summed E-state index contributed by atoms with van der Waals surface area (Å²) in [6.07, 6.45) is 2.82. The lowest BCUT2D eigenvalue weighted by Crippen LogP contribution is -2.14. The molecule has 1 fully saturated rings. The number of halogens is 2. The largest absolute Gasteiger partial charge is 0.357 e. The van der Waals surface area contributed by atoms with Crippen LogP contribution in [0.3, 0.4) is 0 Å². The second kappa shape index (κ2) is 9.61. The Bertz CT molecular complexity index is 1450. The number of rotatable bonds is 9. The minimum atomic E-state index is -4.35. The van der Waals surface area contributed by atoms with Crippen molar-refractivity contribution in [3.05, 3.63) is 81.1 Å². The molecule has 1 aliphatic rings. The van der Waals surface area contributed by atoms with Crippen molar-refractivity contribution in [1.29, 1.82) is 0 Å². The summed E-state index contributed by atoms with van der Waals surface area (Å²) < 4.78 is 60.6. The van der Waals surface area contributed by atoms with Crippen LogP contribution in [0.2, 0.25) is 0 Å². The molecule has 0 saturated heterocycles. The second-order valence-electron chi connectivity index (χ2n) is 8.22. The van der Waals surface area contributed by atoms with Crippen LogP contribution >= 0.6 is 22.7 Å². The zero-order valence-corrected chi connectivity index (χ0v) is 20.6. The smallest absolute Gasteiger partial charge is 0.353 e. The second-order valence-corrected chi connectivity index (χ2v) is 11.1. The number of thiazole rings is 2. The van der Waals surface area contributed by atoms with Gasteiger partial charge in [0.2, 0.25) is 0 Å². The van der Waals surface area contributed by atoms with E-state index in [1.165, 1.54) is 23.5 Å². The van der Waals surface area contributed by atoms with Crippen molar-refractivity contribution >= 4 is 43.8 Å². The first-order valence-corrected chi connectivity index (χ1v) is 13.9. The third kappa shape index (κ3) is 6.01. The van der Waals surface area contributed by atoms with E-state index in [1.54, 1.807) is 41.0 Å². The monoisotopic (exact) mass is 534 g/mol. The molecule has 0 aliphatic heterocycles. The van der Waals surface area contributed by atoms with Crippen LogP contribution in [-0.2, 0) is 16.7 Å². The van der Waals surface area contributed by atoms with Crippen molar-refractivity contribution in [1.82, 2.24) is 9.97 Å². The summed E-state index contributed by atoms with van der Waals surface area (Å²) in [7, 11) is -4.35. The molecule has 4 aromatic rings. The standard InChI is InChI=1S/C23H20F2N4O3S3/c24-15-5-8-17(18(25)10-15)20-11-34-23(28-20)27-19(21-12-33-22(26-21)14-3-4-14)9-13-1-6-16(7-2-13)29-35(30,31)32/h1-2,5-8,10-12,14,19,29H,3-4,9H2,(H,27,28)(H,30,31,32)/t19-/m0/s1. The zero-order chi connectivity index (χ0) is 24.6. The number of nitrogens with zero attached hydrogens (tertiary/aromatic N) is 2. The maximum Gasteiger partial charge on any atom is 0.357 e. The average Bonchev–Trinajstić information content (AvgIpc) is 3.34. The highest BCUT2D eigenvalue weighted by Gasteiger charge is 2.28. The van der Waals surface area contributed by atoms with E-state index in [2.05, 4.69) is 10.3 Å². The maximum absolute atomic E-state index is 14.2. The first-order chi connectivity index (χ1) is 16.7. The Labute approximate surface area is 208 Å². The molecule has 3 N–H and O–H groups in total. The Morgan fingerprint density at radius 2 is 1.83 bits per heavy atom. The van der Waals surface area contributed by atoms with Gasteiger partial charge in [0.05, 0.1) is 28.1 Å². The fourth-order valence-electron chi connectivity index (χ4n) is 3.61. The molecule has 35 heavy (non-hydrogen) atoms. The molecule has 12 heteroatoms. The summed E-state index contributed by atoms with van der Waals surface area (Å²) in [4.78, 5) is 9.33. The fraction of sp³-hybridized carbons (Fsp3) is 0.217. The van der Waals surface area contributed by atoms with Crippen LogP contribution < -0.4 is 10.0 Å². The summed E-state index contributed by atoms with van der Waals surface area (Å²) in [5, 5.41) is 8.80. The van der Waals surface area contributed by atoms with Crippen molar-refractivity contribution in [3.63, 3.8) is 0 Å². The van der Waals surface area contributed by atoms with Crippen LogP contribution in [0, 0.1) is 11.6 Å². The predicted molar refractivity (Wildman–Crippen MR) is 133 cm³/mol. The number of anilines is 2. The summed E-state index contributed by atoms with van der Waals surface area (Å²) in [5.74, 6) is -0.800. The Morgan fingerprint density at radius 1 is 1.06 bits per heavy atom. The van der Waals surface area contributed by atoms with Crippen molar-refractivity contribution in [3.8, 4) is 11.3 Å². The highest BCUT2D eigenvalue weighted by atomic mass is 32.2. The van der Waals surface area contributed by atoms with Gasteiger partial charge in [0.25, 0.3) is 0 Å². The molecule has 7 nitrogen and oxygen atoms in total. The summed E-state index contributed by atoms with van der Waals surface area (Å²) >= 11 is 2.94. The minimum absolute atomic E-state index is 0.221. The van der Waals surface area contributed by atoms with Gasteiger partial charge in [0, 0.05) is 28.3 Å². The highest BCUT2D eigenvalue weighted by molar-refractivity contribution is 7.87. The van der Waals surface area contributed by atoms with Gasteiger partial charge in [0.15, 0.2) is 5.13 Å². The topological polar surface area (TPSA) is 104 Å². The predicted octanol–water partition coefficient (Wildman–Crippen LogP) is 6.03. The van der Waals surface area contributed by atoms with Crippen LogP contribution in [0.1, 0.15) is 41.1 Å². The highest BCUT2D eigenvalue weighted by Crippen LogP contribution is 2.42. The Morgan fingerprint density at radius 3 is 2.51 bits per heavy atom. The van der Waals surface area contributed by atoms with Gasteiger partial charge in [-0.05, 0) is 49.1 Å². The molecule has 0 amide bonds. The molecular formula is C23H20F2N4O3S3. The van der Waals surface area contributed by atoms with E-state index in [4.69, 9.17) is 9.54 Å². The van der Waals surface area contributed by atoms with Gasteiger partial charge in [-0.25, -0.2) is 18.7 Å². The number of aromatic nitrogens is 2. The van der Waals surface area contributed by atoms with Gasteiger partial charge < -0.3 is 5.32 Å². The van der Waals surface area contributed by atoms with Crippen LogP contribution in [0.15, 0.2) is 53.2 Å². The molecule has 2 aromatic carbocycles. The lowest BCUT2D eigenvalue weighted by molar-refractivity contribution is 0.489. The van der Waals surface area contributed by atoms with Crippen LogP contribution in [0.5, 0.6) is 0 Å². The minimum Gasteiger partial charge on any atom is -0.353 e. The van der Waals surface area contributed by atoms with Crippen molar-refractivity contribution in [2.24, 2.45) is 0 Å². The first kappa shape index (κ1) is 23.8. The lowest BCUT2D eigenvalue weighted by atomic mass is 10.0. The van der Waals surface area contributed by atoms with Crippen molar-refractivity contribution in [2.45, 2.75) is 31.2 Å². The molecule has 1 atom stereocenters. The molecule has 0 radical (unpaired) electrons. The van der Waals surface area contributed by atoms with E-state index in [-0.39, 0.29) is 17.3 Å². The average molecular weight is 535 g/mol. The SMILES string of the molecule is O=S(=O)(O)Nc1ccc(C[C@H](Nc2nc(-c3ccc(F)cc3F)cs2)c2csc(C3CC3)n2)cc1. The van der Waals surface area contributed by atoms with Crippen LogP contribution in [0.4, 0.5) is 19.6 Å². The van der Waals surface area contributed by atoms with Gasteiger partial charge in [-0.1, -0.05) is 12.1 Å². The van der Waals surface area contributed by atoms with Gasteiger partial charge in [0.1, 0.15) is 11.6 Å². The Kier molecular flexibility index (Phi) is 6.53. The van der Waals surface area contributed by atoms with E-state index in [9.17, 15) is 17.2 Å². The fourth-order valence-corrected chi connectivity index (χ4v) is 5.85. The zero-order valence-electron chi connectivity index (χ0n) is 18.1. The molecule has 1 saturated carbocycles. The van der Waals surface area contributed by atoms with Crippen LogP contribution in [0.25, 0.3) is 11.3 Å². The van der Waals surface area contributed by atoms with Crippen LogP contribution in [-0.4, -0.2) is 22.9 Å². The summed E-state index contributed by atoms with van der Waals surface area (Å²) in [6.45, 7) is 0.